The molecule has 1 fully saturated rings. The van der Waals surface area contributed by atoms with Crippen molar-refractivity contribution in [2.75, 3.05) is 39.5 Å². The summed E-state index contributed by atoms with van der Waals surface area (Å²) in [7, 11) is 0. The number of aromatic nitrogens is 1. The molecule has 1 aromatic heterocycles. The number of nitrogens with one attached hydrogen (secondary N) is 3. The highest BCUT2D eigenvalue weighted by Crippen LogP contribution is 2.28. The molecule has 3 rings (SSSR count). The van der Waals surface area contributed by atoms with Crippen molar-refractivity contribution in [3.05, 3.63) is 47.8 Å². The average Bonchev–Trinajstić information content (AvgIpc) is 3.32. The number of carbonyl (C=O) groups is 3. The standard InChI is InChI=1S/C20H24N4O6/c1-2-29-17-12-14(19(26)22-23-20(27)15-4-3-7-21-15)5-6-16(17)30-13-18(25)24-8-10-28-11-9-24/h3-7,12,21H,2,8-11,13H2,1H3,(H,22,26)(H,23,27). The van der Waals surface area contributed by atoms with Crippen LogP contribution in [0.3, 0.4) is 0 Å². The van der Waals surface area contributed by atoms with E-state index in [2.05, 4.69) is 15.8 Å². The molecule has 0 saturated carbocycles. The molecule has 0 unspecified atom stereocenters. The zero-order valence-corrected chi connectivity index (χ0v) is 16.6. The lowest BCUT2D eigenvalue weighted by Gasteiger charge is -2.26. The van der Waals surface area contributed by atoms with Crippen LogP contribution in [0.25, 0.3) is 0 Å². The normalized spacial score (nSPS) is 13.4. The number of aromatic amines is 1. The second-order valence-corrected chi connectivity index (χ2v) is 6.37. The van der Waals surface area contributed by atoms with Crippen LogP contribution in [0, 0.1) is 0 Å². The number of nitrogens with zero attached hydrogens (tertiary/aromatic N) is 1. The van der Waals surface area contributed by atoms with E-state index < -0.39 is 11.8 Å². The van der Waals surface area contributed by atoms with Crippen LogP contribution >= 0.6 is 0 Å². The number of ether oxygens (including phenoxy) is 3. The van der Waals surface area contributed by atoms with E-state index in [1.807, 2.05) is 0 Å². The van der Waals surface area contributed by atoms with Crippen LogP contribution in [0.4, 0.5) is 0 Å². The van der Waals surface area contributed by atoms with E-state index in [-0.39, 0.29) is 18.1 Å². The van der Waals surface area contributed by atoms with Gasteiger partial charge in [0.1, 0.15) is 5.69 Å². The molecule has 2 heterocycles. The number of H-pyrrole nitrogens is 1. The number of carbonyl (C=O) groups excluding carboxylic acids is 3. The van der Waals surface area contributed by atoms with Gasteiger partial charge in [0.2, 0.25) is 0 Å². The Hall–Kier alpha value is -3.53. The molecule has 160 valence electrons. The molecule has 30 heavy (non-hydrogen) atoms. The van der Waals surface area contributed by atoms with Crippen molar-refractivity contribution in [2.45, 2.75) is 6.92 Å². The van der Waals surface area contributed by atoms with Gasteiger partial charge in [-0.1, -0.05) is 0 Å². The lowest BCUT2D eigenvalue weighted by atomic mass is 10.2. The number of morpholine rings is 1. The number of rotatable bonds is 7. The van der Waals surface area contributed by atoms with Gasteiger partial charge in [0.25, 0.3) is 17.7 Å². The minimum atomic E-state index is -0.521. The molecule has 0 spiro atoms. The predicted octanol–water partition coefficient (Wildman–Crippen LogP) is 0.726. The van der Waals surface area contributed by atoms with Crippen molar-refractivity contribution in [3.8, 4) is 11.5 Å². The summed E-state index contributed by atoms with van der Waals surface area (Å²) < 4.78 is 16.4. The fraction of sp³-hybridized carbons (Fsp3) is 0.350. The Kier molecular flexibility index (Phi) is 7.28. The number of hydrogen-bond acceptors (Lipinski definition) is 6. The Bertz CT molecular complexity index is 877. The van der Waals surface area contributed by atoms with Crippen LogP contribution in [-0.2, 0) is 9.53 Å². The van der Waals surface area contributed by atoms with E-state index in [4.69, 9.17) is 14.2 Å². The van der Waals surface area contributed by atoms with Gasteiger partial charge in [-0.3, -0.25) is 25.2 Å². The van der Waals surface area contributed by atoms with Crippen LogP contribution < -0.4 is 20.3 Å². The summed E-state index contributed by atoms with van der Waals surface area (Å²) in [6.45, 7) is 4.11. The second kappa shape index (κ2) is 10.3. The maximum atomic E-state index is 12.4. The Morgan fingerprint density at radius 3 is 2.53 bits per heavy atom. The molecule has 10 heteroatoms. The largest absolute Gasteiger partial charge is 0.490 e. The van der Waals surface area contributed by atoms with Gasteiger partial charge >= 0.3 is 0 Å². The summed E-state index contributed by atoms with van der Waals surface area (Å²) in [6.07, 6.45) is 1.60. The zero-order chi connectivity index (χ0) is 21.3. The highest BCUT2D eigenvalue weighted by atomic mass is 16.5. The summed E-state index contributed by atoms with van der Waals surface area (Å²) >= 11 is 0. The third-order valence-corrected chi connectivity index (χ3v) is 4.35. The van der Waals surface area contributed by atoms with Crippen LogP contribution in [0.5, 0.6) is 11.5 Å². The molecule has 1 aromatic carbocycles. The van der Waals surface area contributed by atoms with Crippen LogP contribution in [-0.4, -0.2) is 67.1 Å². The molecule has 3 amide bonds. The predicted molar refractivity (Wildman–Crippen MR) is 106 cm³/mol. The minimum Gasteiger partial charge on any atom is -0.490 e. The fourth-order valence-electron chi connectivity index (χ4n) is 2.80. The Balaban J connectivity index is 1.59. The van der Waals surface area contributed by atoms with E-state index in [9.17, 15) is 14.4 Å². The van der Waals surface area contributed by atoms with E-state index >= 15 is 0 Å². The van der Waals surface area contributed by atoms with Gasteiger partial charge < -0.3 is 24.1 Å². The molecular formula is C20H24N4O6. The van der Waals surface area contributed by atoms with Crippen molar-refractivity contribution in [1.82, 2.24) is 20.7 Å². The lowest BCUT2D eigenvalue weighted by molar-refractivity contribution is -0.137. The SMILES string of the molecule is CCOc1cc(C(=O)NNC(=O)c2ccc[nH]2)ccc1OCC(=O)N1CCOCC1. The maximum absolute atomic E-state index is 12.4. The lowest BCUT2D eigenvalue weighted by Crippen LogP contribution is -2.43. The molecule has 2 aromatic rings. The Morgan fingerprint density at radius 1 is 1.07 bits per heavy atom. The highest BCUT2D eigenvalue weighted by molar-refractivity contribution is 5.98. The summed E-state index contributed by atoms with van der Waals surface area (Å²) in [5.41, 5.74) is 5.24. The molecule has 1 aliphatic heterocycles. The first-order chi connectivity index (χ1) is 14.6. The molecule has 1 saturated heterocycles. The minimum absolute atomic E-state index is 0.141. The van der Waals surface area contributed by atoms with Gasteiger partial charge in [0.05, 0.1) is 19.8 Å². The fourth-order valence-corrected chi connectivity index (χ4v) is 2.80. The van der Waals surface area contributed by atoms with E-state index in [1.165, 1.54) is 12.1 Å². The first-order valence-electron chi connectivity index (χ1n) is 9.57. The zero-order valence-electron chi connectivity index (χ0n) is 16.6. The van der Waals surface area contributed by atoms with Crippen molar-refractivity contribution in [2.24, 2.45) is 0 Å². The van der Waals surface area contributed by atoms with Gasteiger partial charge in [-0.15, -0.1) is 0 Å². The van der Waals surface area contributed by atoms with E-state index in [0.717, 1.165) is 0 Å². The average molecular weight is 416 g/mol. The first kappa shape index (κ1) is 21.2. The Labute approximate surface area is 173 Å². The first-order valence-corrected chi connectivity index (χ1v) is 9.57. The smallest absolute Gasteiger partial charge is 0.286 e. The Morgan fingerprint density at radius 2 is 1.83 bits per heavy atom. The summed E-state index contributed by atoms with van der Waals surface area (Å²) in [4.78, 5) is 40.9. The third kappa shape index (κ3) is 5.51. The van der Waals surface area contributed by atoms with Crippen molar-refractivity contribution < 1.29 is 28.6 Å². The number of amides is 3. The van der Waals surface area contributed by atoms with Crippen molar-refractivity contribution in [3.63, 3.8) is 0 Å². The number of hydrazine groups is 1. The summed E-state index contributed by atoms with van der Waals surface area (Å²) in [6, 6.07) is 7.83. The summed E-state index contributed by atoms with van der Waals surface area (Å²) in [5.74, 6) is -0.456. The van der Waals surface area contributed by atoms with Crippen molar-refractivity contribution >= 4 is 17.7 Å². The van der Waals surface area contributed by atoms with Crippen LogP contribution in [0.2, 0.25) is 0 Å². The van der Waals surface area contributed by atoms with Gasteiger partial charge in [-0.25, -0.2) is 0 Å². The number of hydrogen-bond donors (Lipinski definition) is 3. The van der Waals surface area contributed by atoms with Crippen molar-refractivity contribution in [1.29, 1.82) is 0 Å². The van der Waals surface area contributed by atoms with E-state index in [0.29, 0.717) is 50.1 Å². The number of benzene rings is 1. The van der Waals surface area contributed by atoms with Crippen LogP contribution in [0.1, 0.15) is 27.8 Å². The third-order valence-electron chi connectivity index (χ3n) is 4.35. The molecule has 0 bridgehead atoms. The topological polar surface area (TPSA) is 122 Å². The molecule has 10 nitrogen and oxygen atoms in total. The quantitative estimate of drug-likeness (QED) is 0.572. The molecule has 1 aliphatic rings. The highest BCUT2D eigenvalue weighted by Gasteiger charge is 2.19. The molecular weight excluding hydrogens is 392 g/mol. The second-order valence-electron chi connectivity index (χ2n) is 6.37. The molecule has 3 N–H and O–H groups in total. The van der Waals surface area contributed by atoms with Gasteiger partial charge in [-0.05, 0) is 37.3 Å². The van der Waals surface area contributed by atoms with Crippen LogP contribution in [0.15, 0.2) is 36.5 Å². The van der Waals surface area contributed by atoms with Gasteiger partial charge in [0.15, 0.2) is 18.1 Å². The summed E-state index contributed by atoms with van der Waals surface area (Å²) in [5, 5.41) is 0. The molecule has 0 radical (unpaired) electrons. The monoisotopic (exact) mass is 416 g/mol. The van der Waals surface area contributed by atoms with Gasteiger partial charge in [0, 0.05) is 24.8 Å². The van der Waals surface area contributed by atoms with E-state index in [1.54, 1.807) is 36.2 Å². The molecule has 0 atom stereocenters. The van der Waals surface area contributed by atoms with Gasteiger partial charge in [-0.2, -0.15) is 0 Å². The maximum Gasteiger partial charge on any atom is 0.286 e. The molecule has 0 aliphatic carbocycles.